The number of aliphatic imine (C=N–C) groups is 1. The van der Waals surface area contributed by atoms with Crippen LogP contribution in [0.25, 0.3) is 0 Å². The molecule has 7 nitrogen and oxygen atoms in total. The summed E-state index contributed by atoms with van der Waals surface area (Å²) in [5, 5.41) is 17.3. The first kappa shape index (κ1) is 19.6. The maximum atomic E-state index is 10.6. The monoisotopic (exact) mass is 434 g/mol. The van der Waals surface area contributed by atoms with Gasteiger partial charge in [0.25, 0.3) is 5.69 Å². The van der Waals surface area contributed by atoms with Gasteiger partial charge in [-0.05, 0) is 24.8 Å². The van der Waals surface area contributed by atoms with Crippen LogP contribution in [0.15, 0.2) is 29.3 Å². The van der Waals surface area contributed by atoms with Gasteiger partial charge in [-0.1, -0.05) is 12.1 Å². The minimum absolute atomic E-state index is 0. The Morgan fingerprint density at radius 1 is 1.39 bits per heavy atom. The standard InChI is InChI=1S/C15H22N4O3.HI/c1-22-10-2-9-16-15(18-13-5-6-13)17-11-12-3-7-14(8-4-12)19(20)21;/h3-4,7-8,13H,2,5-6,9-11H2,1H3,(H2,16,17,18);1H. The van der Waals surface area contributed by atoms with Crippen molar-refractivity contribution in [2.24, 2.45) is 4.99 Å². The van der Waals surface area contributed by atoms with Gasteiger partial charge < -0.3 is 15.4 Å². The molecule has 2 N–H and O–H groups in total. The summed E-state index contributed by atoms with van der Waals surface area (Å²) in [6, 6.07) is 7.00. The summed E-state index contributed by atoms with van der Waals surface area (Å²) in [5.41, 5.74) is 1.04. The molecule has 128 valence electrons. The summed E-state index contributed by atoms with van der Waals surface area (Å²) in [6.45, 7) is 2.00. The minimum atomic E-state index is -0.398. The molecule has 8 heteroatoms. The molecule has 0 amide bonds. The molecule has 1 aliphatic carbocycles. The number of non-ortho nitro benzene ring substituents is 1. The van der Waals surface area contributed by atoms with Crippen LogP contribution in [0, 0.1) is 10.1 Å². The smallest absolute Gasteiger partial charge is 0.269 e. The highest BCUT2D eigenvalue weighted by molar-refractivity contribution is 14.0. The summed E-state index contributed by atoms with van der Waals surface area (Å²) in [5.74, 6) is 0.789. The summed E-state index contributed by atoms with van der Waals surface area (Å²) in [4.78, 5) is 14.8. The molecule has 2 rings (SSSR count). The molecule has 0 bridgehead atoms. The van der Waals surface area contributed by atoms with Crippen LogP contribution in [0.5, 0.6) is 0 Å². The Kier molecular flexibility index (Phi) is 8.85. The van der Waals surface area contributed by atoms with E-state index in [1.54, 1.807) is 19.2 Å². The Morgan fingerprint density at radius 3 is 2.65 bits per heavy atom. The molecular weight excluding hydrogens is 411 g/mol. The number of hydrogen-bond acceptors (Lipinski definition) is 4. The van der Waals surface area contributed by atoms with Crippen LogP contribution in [0.4, 0.5) is 5.69 Å². The van der Waals surface area contributed by atoms with Gasteiger partial charge in [0.05, 0.1) is 11.5 Å². The normalized spacial score (nSPS) is 14.0. The number of benzene rings is 1. The second kappa shape index (κ2) is 10.4. The second-order valence-corrected chi connectivity index (χ2v) is 5.28. The maximum absolute atomic E-state index is 10.6. The Bertz CT molecular complexity index is 518. The van der Waals surface area contributed by atoms with Gasteiger partial charge in [-0.25, -0.2) is 4.99 Å². The van der Waals surface area contributed by atoms with Crippen LogP contribution in [0.1, 0.15) is 24.8 Å². The number of nitro groups is 1. The molecule has 1 aromatic rings. The highest BCUT2D eigenvalue weighted by Gasteiger charge is 2.22. The van der Waals surface area contributed by atoms with Crippen LogP contribution in [-0.4, -0.2) is 37.2 Å². The number of guanidine groups is 1. The quantitative estimate of drug-likeness (QED) is 0.164. The molecule has 0 atom stereocenters. The lowest BCUT2D eigenvalue weighted by atomic mass is 10.2. The van der Waals surface area contributed by atoms with Gasteiger partial charge in [-0.15, -0.1) is 24.0 Å². The Morgan fingerprint density at radius 2 is 2.09 bits per heavy atom. The van der Waals surface area contributed by atoms with E-state index >= 15 is 0 Å². The van der Waals surface area contributed by atoms with E-state index in [9.17, 15) is 10.1 Å². The zero-order valence-electron chi connectivity index (χ0n) is 13.2. The first-order chi connectivity index (χ1) is 10.7. The molecule has 1 saturated carbocycles. The van der Waals surface area contributed by atoms with Gasteiger partial charge in [0.2, 0.25) is 0 Å². The van der Waals surface area contributed by atoms with Crippen molar-refractivity contribution in [2.45, 2.75) is 31.8 Å². The molecule has 1 fully saturated rings. The van der Waals surface area contributed by atoms with E-state index in [1.807, 2.05) is 0 Å². The lowest BCUT2D eigenvalue weighted by Crippen LogP contribution is -2.39. The number of halogens is 1. The Hall–Kier alpha value is -1.42. The number of hydrogen-bond donors (Lipinski definition) is 2. The molecule has 0 aliphatic heterocycles. The van der Waals surface area contributed by atoms with Crippen molar-refractivity contribution in [3.63, 3.8) is 0 Å². The van der Waals surface area contributed by atoms with Crippen molar-refractivity contribution in [1.29, 1.82) is 0 Å². The molecule has 0 unspecified atom stereocenters. The van der Waals surface area contributed by atoms with Crippen LogP contribution in [0.3, 0.4) is 0 Å². The molecule has 0 spiro atoms. The number of nitro benzene ring substituents is 1. The van der Waals surface area contributed by atoms with Gasteiger partial charge in [-0.2, -0.15) is 0 Å². The Balaban J connectivity index is 0.00000264. The minimum Gasteiger partial charge on any atom is -0.385 e. The average molecular weight is 434 g/mol. The topological polar surface area (TPSA) is 88.8 Å². The number of ether oxygens (including phenoxy) is 1. The lowest BCUT2D eigenvalue weighted by Gasteiger charge is -2.11. The second-order valence-electron chi connectivity index (χ2n) is 5.28. The molecule has 1 aliphatic rings. The third kappa shape index (κ3) is 7.60. The third-order valence-corrected chi connectivity index (χ3v) is 3.30. The SMILES string of the molecule is COCCCNC(=NCc1ccc([N+](=O)[O-])cc1)NC1CC1.I. The van der Waals surface area contributed by atoms with Crippen LogP contribution >= 0.6 is 24.0 Å². The van der Waals surface area contributed by atoms with E-state index in [-0.39, 0.29) is 29.7 Å². The summed E-state index contributed by atoms with van der Waals surface area (Å²) >= 11 is 0. The van der Waals surface area contributed by atoms with Crippen molar-refractivity contribution in [1.82, 2.24) is 10.6 Å². The van der Waals surface area contributed by atoms with Crippen molar-refractivity contribution in [3.05, 3.63) is 39.9 Å². The van der Waals surface area contributed by atoms with Crippen molar-refractivity contribution in [3.8, 4) is 0 Å². The third-order valence-electron chi connectivity index (χ3n) is 3.30. The summed E-state index contributed by atoms with van der Waals surface area (Å²) < 4.78 is 5.02. The van der Waals surface area contributed by atoms with E-state index in [0.29, 0.717) is 19.2 Å². The first-order valence-corrected chi connectivity index (χ1v) is 7.46. The Labute approximate surface area is 153 Å². The van der Waals surface area contributed by atoms with Crippen molar-refractivity contribution < 1.29 is 9.66 Å². The van der Waals surface area contributed by atoms with Gasteiger partial charge in [0.1, 0.15) is 0 Å². The van der Waals surface area contributed by atoms with E-state index < -0.39 is 4.92 Å². The first-order valence-electron chi connectivity index (χ1n) is 7.46. The van der Waals surface area contributed by atoms with E-state index in [0.717, 1.165) is 24.5 Å². The van der Waals surface area contributed by atoms with E-state index in [1.165, 1.54) is 25.0 Å². The van der Waals surface area contributed by atoms with Crippen LogP contribution < -0.4 is 10.6 Å². The van der Waals surface area contributed by atoms with Crippen molar-refractivity contribution in [2.75, 3.05) is 20.3 Å². The molecule has 23 heavy (non-hydrogen) atoms. The fourth-order valence-corrected chi connectivity index (χ4v) is 1.89. The lowest BCUT2D eigenvalue weighted by molar-refractivity contribution is -0.384. The van der Waals surface area contributed by atoms with Crippen molar-refractivity contribution >= 4 is 35.6 Å². The molecule has 0 aromatic heterocycles. The van der Waals surface area contributed by atoms with Gasteiger partial charge in [0, 0.05) is 38.4 Å². The van der Waals surface area contributed by atoms with Crippen LogP contribution in [0.2, 0.25) is 0 Å². The average Bonchev–Trinajstić information content (AvgIpc) is 3.33. The predicted octanol–water partition coefficient (Wildman–Crippen LogP) is 2.45. The zero-order chi connectivity index (χ0) is 15.8. The highest BCUT2D eigenvalue weighted by Crippen LogP contribution is 2.18. The predicted molar refractivity (Wildman–Crippen MR) is 100 cm³/mol. The summed E-state index contributed by atoms with van der Waals surface area (Å²) in [7, 11) is 1.69. The number of rotatable bonds is 8. The summed E-state index contributed by atoms with van der Waals surface area (Å²) in [6.07, 6.45) is 3.27. The largest absolute Gasteiger partial charge is 0.385 e. The highest BCUT2D eigenvalue weighted by atomic mass is 127. The number of methoxy groups -OCH3 is 1. The molecular formula is C15H23IN4O3. The molecule has 0 radical (unpaired) electrons. The fraction of sp³-hybridized carbons (Fsp3) is 0.533. The van der Waals surface area contributed by atoms with Gasteiger partial charge >= 0.3 is 0 Å². The maximum Gasteiger partial charge on any atom is 0.269 e. The van der Waals surface area contributed by atoms with Crippen LogP contribution in [-0.2, 0) is 11.3 Å². The van der Waals surface area contributed by atoms with E-state index in [4.69, 9.17) is 4.74 Å². The number of nitrogens with zero attached hydrogens (tertiary/aromatic N) is 2. The van der Waals surface area contributed by atoms with Gasteiger partial charge in [-0.3, -0.25) is 10.1 Å². The molecule has 1 aromatic carbocycles. The molecule has 0 heterocycles. The van der Waals surface area contributed by atoms with E-state index in [2.05, 4.69) is 15.6 Å². The molecule has 0 saturated heterocycles. The zero-order valence-corrected chi connectivity index (χ0v) is 15.5. The number of nitrogens with one attached hydrogen (secondary N) is 2. The van der Waals surface area contributed by atoms with Gasteiger partial charge in [0.15, 0.2) is 5.96 Å². The fourth-order valence-electron chi connectivity index (χ4n) is 1.89.